The fourth-order valence-electron chi connectivity index (χ4n) is 1.89. The van der Waals surface area contributed by atoms with Crippen molar-refractivity contribution in [1.82, 2.24) is 0 Å². The van der Waals surface area contributed by atoms with Gasteiger partial charge >= 0.3 is 0 Å². The molecule has 0 amide bonds. The molecule has 1 heterocycles. The zero-order valence-electron chi connectivity index (χ0n) is 10.0. The molecule has 17 heavy (non-hydrogen) atoms. The monoisotopic (exact) mass is 309 g/mol. The van der Waals surface area contributed by atoms with Gasteiger partial charge in [0.2, 0.25) is 0 Å². The lowest BCUT2D eigenvalue weighted by molar-refractivity contribution is 0.732. The number of hydrogen-bond acceptors (Lipinski definition) is 2. The lowest BCUT2D eigenvalue weighted by atomic mass is 9.99. The molecule has 0 saturated heterocycles. The molecule has 2 rings (SSSR count). The summed E-state index contributed by atoms with van der Waals surface area (Å²) in [5.74, 6) is 0. The molecule has 90 valence electrons. The fourth-order valence-corrected chi connectivity index (χ4v) is 3.31. The zero-order chi connectivity index (χ0) is 12.4. The first kappa shape index (κ1) is 12.8. The van der Waals surface area contributed by atoms with Crippen molar-refractivity contribution >= 4 is 27.3 Å². The predicted octanol–water partition coefficient (Wildman–Crippen LogP) is 4.37. The van der Waals surface area contributed by atoms with E-state index in [1.165, 1.54) is 21.6 Å². The Kier molecular flexibility index (Phi) is 4.02. The number of rotatable bonds is 3. The first-order chi connectivity index (χ1) is 8.06. The van der Waals surface area contributed by atoms with Gasteiger partial charge in [-0.25, -0.2) is 0 Å². The Morgan fingerprint density at radius 1 is 1.24 bits per heavy atom. The number of aryl methyl sites for hydroxylation is 2. The zero-order valence-corrected chi connectivity index (χ0v) is 12.4. The van der Waals surface area contributed by atoms with Gasteiger partial charge in [-0.05, 0) is 59.5 Å². The summed E-state index contributed by atoms with van der Waals surface area (Å²) in [7, 11) is 0. The number of benzene rings is 1. The van der Waals surface area contributed by atoms with E-state index in [1.54, 1.807) is 11.3 Å². The molecule has 0 spiro atoms. The van der Waals surface area contributed by atoms with Crippen LogP contribution in [-0.4, -0.2) is 0 Å². The molecule has 0 fully saturated rings. The number of thiophene rings is 1. The van der Waals surface area contributed by atoms with Crippen molar-refractivity contribution in [1.29, 1.82) is 0 Å². The van der Waals surface area contributed by atoms with E-state index in [0.717, 1.165) is 10.2 Å². The highest BCUT2D eigenvalue weighted by atomic mass is 79.9. The van der Waals surface area contributed by atoms with Gasteiger partial charge in [0.05, 0.1) is 3.79 Å². The summed E-state index contributed by atoms with van der Waals surface area (Å²) in [6.07, 6.45) is 0.903. The quantitative estimate of drug-likeness (QED) is 0.895. The Hall–Kier alpha value is -0.640. The van der Waals surface area contributed by atoms with Crippen molar-refractivity contribution in [3.63, 3.8) is 0 Å². The summed E-state index contributed by atoms with van der Waals surface area (Å²) >= 11 is 5.19. The summed E-state index contributed by atoms with van der Waals surface area (Å²) in [5, 5.41) is 0. The lowest BCUT2D eigenvalue weighted by Crippen LogP contribution is -2.12. The number of halogens is 1. The van der Waals surface area contributed by atoms with E-state index in [0.29, 0.717) is 0 Å². The molecule has 1 atom stereocenters. The Balaban J connectivity index is 2.18. The maximum atomic E-state index is 6.25. The van der Waals surface area contributed by atoms with Gasteiger partial charge in [-0.15, -0.1) is 11.3 Å². The maximum Gasteiger partial charge on any atom is 0.0701 e. The van der Waals surface area contributed by atoms with Crippen LogP contribution in [0.15, 0.2) is 34.1 Å². The van der Waals surface area contributed by atoms with Crippen molar-refractivity contribution in [2.75, 3.05) is 0 Å². The van der Waals surface area contributed by atoms with E-state index in [-0.39, 0.29) is 6.04 Å². The summed E-state index contributed by atoms with van der Waals surface area (Å²) in [4.78, 5) is 1.23. The molecule has 1 aromatic carbocycles. The van der Waals surface area contributed by atoms with Crippen molar-refractivity contribution in [3.05, 3.63) is 55.7 Å². The molecular weight excluding hydrogens is 294 g/mol. The van der Waals surface area contributed by atoms with Crippen molar-refractivity contribution in [2.24, 2.45) is 5.73 Å². The molecule has 0 aliphatic carbocycles. The van der Waals surface area contributed by atoms with Gasteiger partial charge in [0, 0.05) is 10.9 Å². The molecular formula is C14H16BrNS. The van der Waals surface area contributed by atoms with Crippen LogP contribution in [0.3, 0.4) is 0 Å². The van der Waals surface area contributed by atoms with E-state index in [1.807, 2.05) is 0 Å². The van der Waals surface area contributed by atoms with Gasteiger partial charge in [0.1, 0.15) is 0 Å². The maximum absolute atomic E-state index is 6.25. The van der Waals surface area contributed by atoms with Crippen LogP contribution < -0.4 is 5.73 Å². The number of hydrogen-bond donors (Lipinski definition) is 1. The van der Waals surface area contributed by atoms with Gasteiger partial charge in [-0.3, -0.25) is 0 Å². The second-order valence-electron chi connectivity index (χ2n) is 4.38. The third-order valence-electron chi connectivity index (χ3n) is 2.90. The molecule has 0 bridgehead atoms. The summed E-state index contributed by atoms with van der Waals surface area (Å²) in [5.41, 5.74) is 10.2. The average Bonchev–Trinajstić information content (AvgIpc) is 2.70. The summed E-state index contributed by atoms with van der Waals surface area (Å²) < 4.78 is 1.14. The van der Waals surface area contributed by atoms with Gasteiger partial charge in [-0.1, -0.05) is 23.8 Å². The normalized spacial score (nSPS) is 12.7. The predicted molar refractivity (Wildman–Crippen MR) is 78.6 cm³/mol. The molecule has 2 N–H and O–H groups in total. The summed E-state index contributed by atoms with van der Waals surface area (Å²) in [6, 6.07) is 10.8. The van der Waals surface area contributed by atoms with Crippen LogP contribution in [0.2, 0.25) is 0 Å². The third-order valence-corrected chi connectivity index (χ3v) is 4.66. The minimum absolute atomic E-state index is 0.0896. The van der Waals surface area contributed by atoms with Gasteiger partial charge < -0.3 is 5.73 Å². The van der Waals surface area contributed by atoms with Crippen LogP contribution in [0.1, 0.15) is 27.6 Å². The standard InChI is InChI=1S/C14H16BrNS/c1-9-3-4-10(2)11(7-9)8-12(16)13-5-6-14(15)17-13/h3-7,12H,8,16H2,1-2H3. The van der Waals surface area contributed by atoms with Crippen LogP contribution in [0.5, 0.6) is 0 Å². The topological polar surface area (TPSA) is 26.0 Å². The average molecular weight is 310 g/mol. The van der Waals surface area contributed by atoms with Gasteiger partial charge in [0.25, 0.3) is 0 Å². The molecule has 3 heteroatoms. The Labute approximate surface area is 115 Å². The molecule has 1 aromatic heterocycles. The minimum atomic E-state index is 0.0896. The van der Waals surface area contributed by atoms with Gasteiger partial charge in [0.15, 0.2) is 0 Å². The smallest absolute Gasteiger partial charge is 0.0701 e. The SMILES string of the molecule is Cc1ccc(C)c(CC(N)c2ccc(Br)s2)c1. The third kappa shape index (κ3) is 3.18. The second-order valence-corrected chi connectivity index (χ2v) is 6.88. The molecule has 1 unspecified atom stereocenters. The van der Waals surface area contributed by atoms with E-state index in [4.69, 9.17) is 5.73 Å². The highest BCUT2D eigenvalue weighted by Crippen LogP contribution is 2.28. The molecule has 0 aliphatic heterocycles. The highest BCUT2D eigenvalue weighted by Gasteiger charge is 2.11. The first-order valence-electron chi connectivity index (χ1n) is 5.63. The molecule has 1 nitrogen and oxygen atoms in total. The fraction of sp³-hybridized carbons (Fsp3) is 0.286. The van der Waals surface area contributed by atoms with Crippen molar-refractivity contribution in [3.8, 4) is 0 Å². The lowest BCUT2D eigenvalue weighted by Gasteiger charge is -2.12. The highest BCUT2D eigenvalue weighted by molar-refractivity contribution is 9.11. The second kappa shape index (κ2) is 5.34. The van der Waals surface area contributed by atoms with Crippen LogP contribution >= 0.6 is 27.3 Å². The Bertz CT molecular complexity index is 519. The van der Waals surface area contributed by atoms with Gasteiger partial charge in [-0.2, -0.15) is 0 Å². The molecule has 0 radical (unpaired) electrons. The van der Waals surface area contributed by atoms with Crippen LogP contribution in [-0.2, 0) is 6.42 Å². The van der Waals surface area contributed by atoms with Crippen molar-refractivity contribution < 1.29 is 0 Å². The van der Waals surface area contributed by atoms with E-state index < -0.39 is 0 Å². The van der Waals surface area contributed by atoms with E-state index >= 15 is 0 Å². The van der Waals surface area contributed by atoms with E-state index in [9.17, 15) is 0 Å². The van der Waals surface area contributed by atoms with E-state index in [2.05, 4.69) is 60.1 Å². The molecule has 0 aliphatic rings. The minimum Gasteiger partial charge on any atom is -0.323 e. The Morgan fingerprint density at radius 2 is 2.00 bits per heavy atom. The van der Waals surface area contributed by atoms with Crippen molar-refractivity contribution in [2.45, 2.75) is 26.3 Å². The largest absolute Gasteiger partial charge is 0.323 e. The van der Waals surface area contributed by atoms with Crippen LogP contribution in [0.25, 0.3) is 0 Å². The number of nitrogens with two attached hydrogens (primary N) is 1. The van der Waals surface area contributed by atoms with Crippen LogP contribution in [0, 0.1) is 13.8 Å². The first-order valence-corrected chi connectivity index (χ1v) is 7.24. The Morgan fingerprint density at radius 3 is 2.65 bits per heavy atom. The summed E-state index contributed by atoms with van der Waals surface area (Å²) in [6.45, 7) is 4.27. The van der Waals surface area contributed by atoms with Crippen LogP contribution in [0.4, 0.5) is 0 Å². The molecule has 0 saturated carbocycles. The molecule has 2 aromatic rings.